The molecule has 0 atom stereocenters. The number of carbonyl (C=O) groups excluding carboxylic acids is 1. The van der Waals surface area contributed by atoms with Crippen LogP contribution in [0.25, 0.3) is 5.69 Å². The predicted octanol–water partition coefficient (Wildman–Crippen LogP) is 3.19. The molecule has 4 nitrogen and oxygen atoms in total. The molecule has 0 aliphatic rings. The first-order valence-corrected chi connectivity index (χ1v) is 6.06. The summed E-state index contributed by atoms with van der Waals surface area (Å²) < 4.78 is 2.43. The molecule has 0 bridgehead atoms. The van der Waals surface area contributed by atoms with Crippen molar-refractivity contribution >= 4 is 33.3 Å². The van der Waals surface area contributed by atoms with Crippen LogP contribution in [-0.4, -0.2) is 20.8 Å². The number of aromatic nitrogens is 3. The molecule has 2 aromatic rings. The highest BCUT2D eigenvalue weighted by atomic mass is 79.9. The van der Waals surface area contributed by atoms with Gasteiger partial charge in [0, 0.05) is 16.4 Å². The average molecular weight is 315 g/mol. The summed E-state index contributed by atoms with van der Waals surface area (Å²) in [5.41, 5.74) is 1.83. The molecule has 6 heteroatoms. The summed E-state index contributed by atoms with van der Waals surface area (Å²) >= 11 is 9.35. The van der Waals surface area contributed by atoms with E-state index in [1.54, 1.807) is 23.7 Å². The minimum Gasteiger partial charge on any atom is -0.293 e. The van der Waals surface area contributed by atoms with E-state index in [1.807, 2.05) is 6.07 Å². The molecule has 2 rings (SSSR count). The lowest BCUT2D eigenvalue weighted by atomic mass is 10.2. The molecule has 17 heavy (non-hydrogen) atoms. The molecule has 0 spiro atoms. The Morgan fingerprint density at radius 3 is 2.76 bits per heavy atom. The Hall–Kier alpha value is -1.20. The first-order chi connectivity index (χ1) is 8.00. The average Bonchev–Trinajstić information content (AvgIpc) is 2.64. The number of carbonyl (C=O) groups is 1. The monoisotopic (exact) mass is 313 g/mol. The van der Waals surface area contributed by atoms with Crippen molar-refractivity contribution in [2.45, 2.75) is 13.8 Å². The van der Waals surface area contributed by atoms with Gasteiger partial charge < -0.3 is 0 Å². The fraction of sp³-hybridized carbons (Fsp3) is 0.182. The third kappa shape index (κ3) is 2.25. The van der Waals surface area contributed by atoms with Gasteiger partial charge in [0.15, 0.2) is 11.5 Å². The summed E-state index contributed by atoms with van der Waals surface area (Å²) in [5.74, 6) is -0.105. The van der Waals surface area contributed by atoms with Crippen molar-refractivity contribution in [3.05, 3.63) is 39.1 Å². The summed E-state index contributed by atoms with van der Waals surface area (Å²) in [4.78, 5) is 11.3. The van der Waals surface area contributed by atoms with Gasteiger partial charge in [0.05, 0.1) is 11.4 Å². The number of benzene rings is 1. The summed E-state index contributed by atoms with van der Waals surface area (Å²) in [6, 6.07) is 5.36. The lowest BCUT2D eigenvalue weighted by Crippen LogP contribution is -2.02. The Bertz CT molecular complexity index is 594. The van der Waals surface area contributed by atoms with Crippen LogP contribution in [0, 0.1) is 6.92 Å². The number of hydrogen-bond acceptors (Lipinski definition) is 3. The molecule has 0 radical (unpaired) electrons. The van der Waals surface area contributed by atoms with Gasteiger partial charge in [0.1, 0.15) is 0 Å². The van der Waals surface area contributed by atoms with Crippen LogP contribution in [0.1, 0.15) is 23.1 Å². The lowest BCUT2D eigenvalue weighted by molar-refractivity contribution is 0.101. The summed E-state index contributed by atoms with van der Waals surface area (Å²) in [5, 5.41) is 8.43. The van der Waals surface area contributed by atoms with Crippen molar-refractivity contribution < 1.29 is 4.79 Å². The summed E-state index contributed by atoms with van der Waals surface area (Å²) in [6.07, 6.45) is 0. The van der Waals surface area contributed by atoms with Gasteiger partial charge in [-0.1, -0.05) is 16.8 Å². The maximum atomic E-state index is 11.3. The Morgan fingerprint density at radius 2 is 2.18 bits per heavy atom. The van der Waals surface area contributed by atoms with Crippen LogP contribution in [-0.2, 0) is 0 Å². The van der Waals surface area contributed by atoms with E-state index >= 15 is 0 Å². The minimum absolute atomic E-state index is 0.105. The van der Waals surface area contributed by atoms with E-state index in [0.717, 1.165) is 10.2 Å². The molecule has 0 saturated heterocycles. The van der Waals surface area contributed by atoms with E-state index in [0.29, 0.717) is 16.4 Å². The Kier molecular flexibility index (Phi) is 3.31. The van der Waals surface area contributed by atoms with Gasteiger partial charge in [-0.2, -0.15) is 0 Å². The molecular weight excluding hydrogens is 305 g/mol. The van der Waals surface area contributed by atoms with Crippen molar-refractivity contribution in [2.75, 3.05) is 0 Å². The van der Waals surface area contributed by atoms with E-state index in [9.17, 15) is 4.79 Å². The Morgan fingerprint density at radius 1 is 1.47 bits per heavy atom. The van der Waals surface area contributed by atoms with Crippen LogP contribution in [0.3, 0.4) is 0 Å². The largest absolute Gasteiger partial charge is 0.293 e. The van der Waals surface area contributed by atoms with Crippen molar-refractivity contribution in [3.63, 3.8) is 0 Å². The standard InChI is InChI=1S/C11H9BrClN3O/c1-6-11(7(2)17)14-15-16(6)10-5-8(13)3-4-9(10)12/h3-5H,1-2H3. The van der Waals surface area contributed by atoms with E-state index < -0.39 is 0 Å². The number of nitrogens with zero attached hydrogens (tertiary/aromatic N) is 3. The SMILES string of the molecule is CC(=O)c1nnn(-c2cc(Cl)ccc2Br)c1C. The normalized spacial score (nSPS) is 10.6. The zero-order chi connectivity index (χ0) is 12.6. The molecule has 0 aliphatic heterocycles. The first-order valence-electron chi connectivity index (χ1n) is 4.89. The van der Waals surface area contributed by atoms with Crippen LogP contribution in [0.4, 0.5) is 0 Å². The fourth-order valence-corrected chi connectivity index (χ4v) is 2.11. The van der Waals surface area contributed by atoms with Gasteiger partial charge in [-0.05, 0) is 41.1 Å². The first kappa shape index (κ1) is 12.3. The van der Waals surface area contributed by atoms with Gasteiger partial charge in [-0.25, -0.2) is 4.68 Å². The second-order valence-electron chi connectivity index (χ2n) is 3.59. The number of ketones is 1. The third-order valence-corrected chi connectivity index (χ3v) is 3.27. The van der Waals surface area contributed by atoms with Crippen LogP contribution >= 0.6 is 27.5 Å². The smallest absolute Gasteiger partial charge is 0.181 e. The fourth-order valence-electron chi connectivity index (χ4n) is 1.53. The molecule has 1 heterocycles. The highest BCUT2D eigenvalue weighted by molar-refractivity contribution is 9.10. The van der Waals surface area contributed by atoms with Crippen molar-refractivity contribution in [3.8, 4) is 5.69 Å². The molecule has 0 fully saturated rings. The molecule has 0 N–H and O–H groups in total. The maximum Gasteiger partial charge on any atom is 0.181 e. The zero-order valence-corrected chi connectivity index (χ0v) is 11.6. The van der Waals surface area contributed by atoms with E-state index in [4.69, 9.17) is 11.6 Å². The van der Waals surface area contributed by atoms with E-state index in [2.05, 4.69) is 26.2 Å². The summed E-state index contributed by atoms with van der Waals surface area (Å²) in [6.45, 7) is 3.26. The second kappa shape index (κ2) is 4.58. The molecule has 0 aliphatic carbocycles. The molecular formula is C11H9BrClN3O. The highest BCUT2D eigenvalue weighted by Gasteiger charge is 2.15. The van der Waals surface area contributed by atoms with Gasteiger partial charge in [-0.15, -0.1) is 5.10 Å². The quantitative estimate of drug-likeness (QED) is 0.800. The van der Waals surface area contributed by atoms with Crippen LogP contribution in [0.5, 0.6) is 0 Å². The van der Waals surface area contributed by atoms with Crippen molar-refractivity contribution in [1.29, 1.82) is 0 Å². The second-order valence-corrected chi connectivity index (χ2v) is 4.88. The van der Waals surface area contributed by atoms with Gasteiger partial charge >= 0.3 is 0 Å². The predicted molar refractivity (Wildman–Crippen MR) is 68.8 cm³/mol. The van der Waals surface area contributed by atoms with Crippen molar-refractivity contribution in [2.24, 2.45) is 0 Å². The van der Waals surface area contributed by atoms with E-state index in [1.165, 1.54) is 6.92 Å². The van der Waals surface area contributed by atoms with Crippen LogP contribution < -0.4 is 0 Å². The topological polar surface area (TPSA) is 47.8 Å². The Balaban J connectivity index is 2.61. The number of rotatable bonds is 2. The minimum atomic E-state index is -0.105. The summed E-state index contributed by atoms with van der Waals surface area (Å²) in [7, 11) is 0. The van der Waals surface area contributed by atoms with Gasteiger partial charge in [0.25, 0.3) is 0 Å². The molecule has 1 aromatic carbocycles. The lowest BCUT2D eigenvalue weighted by Gasteiger charge is -2.06. The number of halogens is 2. The van der Waals surface area contributed by atoms with Crippen molar-refractivity contribution in [1.82, 2.24) is 15.0 Å². The third-order valence-electron chi connectivity index (χ3n) is 2.36. The zero-order valence-electron chi connectivity index (χ0n) is 9.24. The number of Topliss-reactive ketones (excluding diaryl/α,β-unsaturated/α-hetero) is 1. The molecule has 88 valence electrons. The Labute approximate surface area is 112 Å². The number of hydrogen-bond donors (Lipinski definition) is 0. The molecule has 0 amide bonds. The van der Waals surface area contributed by atoms with E-state index in [-0.39, 0.29) is 5.78 Å². The van der Waals surface area contributed by atoms with Gasteiger partial charge in [0.2, 0.25) is 0 Å². The van der Waals surface area contributed by atoms with Crippen LogP contribution in [0.15, 0.2) is 22.7 Å². The highest BCUT2D eigenvalue weighted by Crippen LogP contribution is 2.25. The molecule has 1 aromatic heterocycles. The molecule has 0 saturated carbocycles. The maximum absolute atomic E-state index is 11.3. The molecule has 0 unspecified atom stereocenters. The van der Waals surface area contributed by atoms with Crippen LogP contribution in [0.2, 0.25) is 5.02 Å². The van der Waals surface area contributed by atoms with Gasteiger partial charge in [-0.3, -0.25) is 4.79 Å².